The maximum atomic E-state index is 12.0. The molecule has 1 aromatic carbocycles. The van der Waals surface area contributed by atoms with Gasteiger partial charge in [0, 0.05) is 16.9 Å². The van der Waals surface area contributed by atoms with Gasteiger partial charge in [-0.25, -0.2) is 4.79 Å². The van der Waals surface area contributed by atoms with Crippen molar-refractivity contribution in [3.8, 4) is 0 Å². The molecule has 1 amide bonds. The van der Waals surface area contributed by atoms with Gasteiger partial charge in [0.1, 0.15) is 5.60 Å². The van der Waals surface area contributed by atoms with E-state index < -0.39 is 23.1 Å². The SMILES string of the molecule is CC(C)(C)OC(=O)NCC(c1ccc(Br)cc1)C1(C(=O)O)CCC1. The minimum absolute atomic E-state index is 0.239. The van der Waals surface area contributed by atoms with Crippen molar-refractivity contribution in [3.63, 3.8) is 0 Å². The van der Waals surface area contributed by atoms with Crippen molar-refractivity contribution in [1.82, 2.24) is 5.32 Å². The fraction of sp³-hybridized carbons (Fsp3) is 0.556. The van der Waals surface area contributed by atoms with Crippen molar-refractivity contribution in [2.45, 2.75) is 51.6 Å². The number of nitrogens with one attached hydrogen (secondary N) is 1. The lowest BCUT2D eigenvalue weighted by molar-refractivity contribution is -0.156. The predicted octanol–water partition coefficient (Wildman–Crippen LogP) is 4.31. The number of benzene rings is 1. The molecule has 132 valence electrons. The smallest absolute Gasteiger partial charge is 0.407 e. The van der Waals surface area contributed by atoms with Gasteiger partial charge in [0.15, 0.2) is 0 Å². The van der Waals surface area contributed by atoms with Crippen LogP contribution in [0.25, 0.3) is 0 Å². The maximum Gasteiger partial charge on any atom is 0.407 e. The molecule has 5 nitrogen and oxygen atoms in total. The zero-order valence-electron chi connectivity index (χ0n) is 14.3. The molecule has 1 unspecified atom stereocenters. The molecule has 1 saturated carbocycles. The number of hydrogen-bond donors (Lipinski definition) is 2. The van der Waals surface area contributed by atoms with E-state index in [9.17, 15) is 14.7 Å². The topological polar surface area (TPSA) is 75.6 Å². The third kappa shape index (κ3) is 4.29. The molecule has 24 heavy (non-hydrogen) atoms. The van der Waals surface area contributed by atoms with E-state index >= 15 is 0 Å². The first-order valence-corrected chi connectivity index (χ1v) is 8.89. The van der Waals surface area contributed by atoms with E-state index in [0.717, 1.165) is 16.5 Å². The zero-order valence-corrected chi connectivity index (χ0v) is 15.9. The first-order chi connectivity index (χ1) is 11.1. The Bertz CT molecular complexity index is 602. The Balaban J connectivity index is 2.19. The summed E-state index contributed by atoms with van der Waals surface area (Å²) in [4.78, 5) is 23.9. The number of ether oxygens (including phenoxy) is 1. The predicted molar refractivity (Wildman–Crippen MR) is 95.0 cm³/mol. The Labute approximate surface area is 150 Å². The van der Waals surface area contributed by atoms with E-state index in [1.165, 1.54) is 0 Å². The number of amides is 1. The quantitative estimate of drug-likeness (QED) is 0.775. The molecule has 1 atom stereocenters. The molecule has 1 aliphatic carbocycles. The summed E-state index contributed by atoms with van der Waals surface area (Å²) in [5, 5.41) is 12.5. The van der Waals surface area contributed by atoms with Crippen molar-refractivity contribution in [2.75, 3.05) is 6.54 Å². The number of alkyl carbamates (subject to hydrolysis) is 1. The van der Waals surface area contributed by atoms with Crippen LogP contribution in [0.1, 0.15) is 51.5 Å². The van der Waals surface area contributed by atoms with E-state index in [1.807, 2.05) is 24.3 Å². The Morgan fingerprint density at radius 2 is 1.88 bits per heavy atom. The van der Waals surface area contributed by atoms with Crippen molar-refractivity contribution < 1.29 is 19.4 Å². The molecule has 6 heteroatoms. The number of carboxylic acids is 1. The lowest BCUT2D eigenvalue weighted by Crippen LogP contribution is -2.48. The lowest BCUT2D eigenvalue weighted by atomic mass is 9.59. The molecule has 2 rings (SSSR count). The molecule has 0 saturated heterocycles. The first-order valence-electron chi connectivity index (χ1n) is 8.10. The van der Waals surface area contributed by atoms with E-state index in [2.05, 4.69) is 21.2 Å². The number of hydrogen-bond acceptors (Lipinski definition) is 3. The standard InChI is InChI=1S/C18H24BrNO4/c1-17(2,3)24-16(23)20-11-14(12-5-7-13(19)8-6-12)18(15(21)22)9-4-10-18/h5-8,14H,4,9-11H2,1-3H3,(H,20,23)(H,21,22). The van der Waals surface area contributed by atoms with Crippen molar-refractivity contribution in [3.05, 3.63) is 34.3 Å². The number of carbonyl (C=O) groups excluding carboxylic acids is 1. The lowest BCUT2D eigenvalue weighted by Gasteiger charge is -2.44. The highest BCUT2D eigenvalue weighted by Gasteiger charge is 2.51. The third-order valence-electron chi connectivity index (χ3n) is 4.46. The number of carboxylic acid groups (broad SMARTS) is 1. The highest BCUT2D eigenvalue weighted by molar-refractivity contribution is 9.10. The van der Waals surface area contributed by atoms with Gasteiger partial charge in [-0.05, 0) is 51.3 Å². The summed E-state index contributed by atoms with van der Waals surface area (Å²) >= 11 is 3.39. The molecule has 0 aliphatic heterocycles. The van der Waals surface area contributed by atoms with Crippen LogP contribution >= 0.6 is 15.9 Å². The fourth-order valence-electron chi connectivity index (χ4n) is 3.10. The molecule has 0 spiro atoms. The first kappa shape index (κ1) is 18.8. The Kier molecular flexibility index (Phi) is 5.58. The van der Waals surface area contributed by atoms with E-state index in [0.29, 0.717) is 12.8 Å². The Morgan fingerprint density at radius 1 is 1.29 bits per heavy atom. The van der Waals surface area contributed by atoms with E-state index in [-0.39, 0.29) is 12.5 Å². The molecule has 0 heterocycles. The highest BCUT2D eigenvalue weighted by Crippen LogP contribution is 2.51. The van der Waals surface area contributed by atoms with Crippen LogP contribution in [-0.4, -0.2) is 29.3 Å². The molecular weight excluding hydrogens is 374 g/mol. The molecule has 0 aromatic heterocycles. The van der Waals surface area contributed by atoms with Crippen LogP contribution in [0.4, 0.5) is 4.79 Å². The fourth-order valence-corrected chi connectivity index (χ4v) is 3.36. The Morgan fingerprint density at radius 3 is 2.29 bits per heavy atom. The molecule has 1 aromatic rings. The van der Waals surface area contributed by atoms with Gasteiger partial charge in [0.05, 0.1) is 5.41 Å². The average Bonchev–Trinajstić information content (AvgIpc) is 2.40. The van der Waals surface area contributed by atoms with Gasteiger partial charge >= 0.3 is 12.1 Å². The van der Waals surface area contributed by atoms with Crippen LogP contribution < -0.4 is 5.32 Å². The second-order valence-corrected chi connectivity index (χ2v) is 8.22. The molecule has 1 fully saturated rings. The normalized spacial score (nSPS) is 17.5. The Hall–Kier alpha value is -1.56. The van der Waals surface area contributed by atoms with Gasteiger partial charge in [-0.3, -0.25) is 4.79 Å². The van der Waals surface area contributed by atoms with E-state index in [4.69, 9.17) is 4.74 Å². The minimum atomic E-state index is -0.817. The molecule has 0 radical (unpaired) electrons. The van der Waals surface area contributed by atoms with Crippen LogP contribution in [0, 0.1) is 5.41 Å². The van der Waals surface area contributed by atoms with Crippen LogP contribution in [0.2, 0.25) is 0 Å². The van der Waals surface area contributed by atoms with Gasteiger partial charge in [0.25, 0.3) is 0 Å². The van der Waals surface area contributed by atoms with Crippen LogP contribution in [0.3, 0.4) is 0 Å². The van der Waals surface area contributed by atoms with Gasteiger partial charge in [-0.2, -0.15) is 0 Å². The number of rotatable bonds is 5. The van der Waals surface area contributed by atoms with Gasteiger partial charge in [0.2, 0.25) is 0 Å². The zero-order chi connectivity index (χ0) is 18.0. The largest absolute Gasteiger partial charge is 0.481 e. The summed E-state index contributed by atoms with van der Waals surface area (Å²) in [7, 11) is 0. The molecule has 2 N–H and O–H groups in total. The third-order valence-corrected chi connectivity index (χ3v) is 4.99. The molecule has 0 bridgehead atoms. The summed E-state index contributed by atoms with van der Waals surface area (Å²) in [6.07, 6.45) is 1.62. The van der Waals surface area contributed by atoms with Crippen molar-refractivity contribution in [1.29, 1.82) is 0 Å². The monoisotopic (exact) mass is 397 g/mol. The number of halogens is 1. The highest BCUT2D eigenvalue weighted by atomic mass is 79.9. The second kappa shape index (κ2) is 7.13. The van der Waals surface area contributed by atoms with Crippen LogP contribution in [0.15, 0.2) is 28.7 Å². The van der Waals surface area contributed by atoms with Gasteiger partial charge < -0.3 is 15.2 Å². The molecule has 1 aliphatic rings. The summed E-state index contributed by atoms with van der Waals surface area (Å²) in [6.45, 7) is 5.62. The van der Waals surface area contributed by atoms with Gasteiger partial charge in [-0.1, -0.05) is 34.5 Å². The van der Waals surface area contributed by atoms with Crippen LogP contribution in [-0.2, 0) is 9.53 Å². The minimum Gasteiger partial charge on any atom is -0.481 e. The number of aliphatic carboxylic acids is 1. The average molecular weight is 398 g/mol. The van der Waals surface area contributed by atoms with Crippen molar-refractivity contribution >= 4 is 28.0 Å². The van der Waals surface area contributed by atoms with Gasteiger partial charge in [-0.15, -0.1) is 0 Å². The summed E-state index contributed by atoms with van der Waals surface area (Å²) < 4.78 is 6.20. The summed E-state index contributed by atoms with van der Waals surface area (Å²) in [5.41, 5.74) is -0.489. The van der Waals surface area contributed by atoms with E-state index in [1.54, 1.807) is 20.8 Å². The summed E-state index contributed by atoms with van der Waals surface area (Å²) in [6, 6.07) is 7.61. The molecular formula is C18H24BrNO4. The number of carbonyl (C=O) groups is 2. The second-order valence-electron chi connectivity index (χ2n) is 7.30. The van der Waals surface area contributed by atoms with Crippen molar-refractivity contribution in [2.24, 2.45) is 5.41 Å². The summed E-state index contributed by atoms with van der Waals surface area (Å²) in [5.74, 6) is -1.09. The maximum absolute atomic E-state index is 12.0. The van der Waals surface area contributed by atoms with Crippen LogP contribution in [0.5, 0.6) is 0 Å².